The summed E-state index contributed by atoms with van der Waals surface area (Å²) >= 11 is 0. The Bertz CT molecular complexity index is 1260. The van der Waals surface area contributed by atoms with Gasteiger partial charge in [0, 0.05) is 17.1 Å². The Labute approximate surface area is 154 Å². The van der Waals surface area contributed by atoms with E-state index in [9.17, 15) is 9.59 Å². The maximum absolute atomic E-state index is 13.2. The number of carbonyl (C=O) groups excluding carboxylic acids is 1. The Balaban J connectivity index is 1.72. The highest BCUT2D eigenvalue weighted by Gasteiger charge is 2.40. The zero-order valence-corrected chi connectivity index (χ0v) is 14.6. The maximum atomic E-state index is 13.2. The van der Waals surface area contributed by atoms with Gasteiger partial charge in [0.15, 0.2) is 0 Å². The lowest BCUT2D eigenvalue weighted by Gasteiger charge is -2.21. The molecule has 1 aliphatic rings. The number of hydrogen-bond donors (Lipinski definition) is 3. The quantitative estimate of drug-likeness (QED) is 0.511. The number of nitrogens with one attached hydrogen (secondary N) is 3. The van der Waals surface area contributed by atoms with Crippen LogP contribution in [-0.2, 0) is 4.79 Å². The van der Waals surface area contributed by atoms with Crippen LogP contribution >= 0.6 is 0 Å². The summed E-state index contributed by atoms with van der Waals surface area (Å²) in [7, 11) is 0. The minimum Gasteiger partial charge on any atom is -0.361 e. The van der Waals surface area contributed by atoms with Gasteiger partial charge < -0.3 is 4.98 Å². The minimum atomic E-state index is -0.728. The summed E-state index contributed by atoms with van der Waals surface area (Å²) in [6, 6.07) is 13.9. The summed E-state index contributed by atoms with van der Waals surface area (Å²) in [6.07, 6.45) is 1.88. The number of aryl methyl sites for hydroxylation is 1. The number of H-pyrrole nitrogens is 1. The molecule has 134 valence electrons. The molecule has 0 spiro atoms. The van der Waals surface area contributed by atoms with Crippen LogP contribution in [0, 0.1) is 6.92 Å². The van der Waals surface area contributed by atoms with E-state index in [4.69, 9.17) is 0 Å². The number of benzene rings is 2. The van der Waals surface area contributed by atoms with Gasteiger partial charge >= 0.3 is 0 Å². The first-order valence-electron chi connectivity index (χ1n) is 8.74. The molecule has 3 heterocycles. The molecular weight excluding hydrogens is 342 g/mol. The number of aromatic amines is 1. The average Bonchev–Trinajstić information content (AvgIpc) is 3.26. The van der Waals surface area contributed by atoms with Crippen molar-refractivity contribution in [1.29, 1.82) is 0 Å². The Morgan fingerprint density at radius 2 is 1.74 bits per heavy atom. The molecule has 0 saturated carbocycles. The third-order valence-corrected chi connectivity index (χ3v) is 5.15. The van der Waals surface area contributed by atoms with E-state index in [-0.39, 0.29) is 11.5 Å². The van der Waals surface area contributed by atoms with E-state index in [1.54, 1.807) is 25.1 Å². The van der Waals surface area contributed by atoms with Crippen LogP contribution in [0.3, 0.4) is 0 Å². The van der Waals surface area contributed by atoms with Crippen molar-refractivity contribution in [2.45, 2.75) is 19.0 Å². The summed E-state index contributed by atoms with van der Waals surface area (Å²) in [6.45, 7) is 1.76. The van der Waals surface area contributed by atoms with Crippen molar-refractivity contribution < 1.29 is 4.79 Å². The molecular formula is C20H17N5O2. The standard InChI is InChI=1S/C20H17N5O2/c1-11-22-16-9-5-3-7-13(16)20(27)25(11)18-17(23-24-19(18)26)14-10-21-15-8-4-2-6-12(14)15/h2-10,17-18,21,23H,1H3,(H,24,26). The summed E-state index contributed by atoms with van der Waals surface area (Å²) in [4.78, 5) is 33.6. The van der Waals surface area contributed by atoms with Gasteiger partial charge in [-0.25, -0.2) is 10.4 Å². The molecule has 2 aromatic heterocycles. The lowest BCUT2D eigenvalue weighted by atomic mass is 9.99. The molecule has 1 aliphatic heterocycles. The first-order chi connectivity index (χ1) is 13.1. The van der Waals surface area contributed by atoms with Gasteiger partial charge in [-0.2, -0.15) is 0 Å². The van der Waals surface area contributed by atoms with E-state index in [1.807, 2.05) is 36.5 Å². The number of nitrogens with zero attached hydrogens (tertiary/aromatic N) is 2. The van der Waals surface area contributed by atoms with Crippen LogP contribution in [0.2, 0.25) is 0 Å². The lowest BCUT2D eigenvalue weighted by molar-refractivity contribution is -0.122. The van der Waals surface area contributed by atoms with E-state index in [0.717, 1.165) is 16.5 Å². The van der Waals surface area contributed by atoms with Crippen LogP contribution in [0.5, 0.6) is 0 Å². The van der Waals surface area contributed by atoms with Crippen LogP contribution in [-0.4, -0.2) is 20.4 Å². The van der Waals surface area contributed by atoms with E-state index in [1.165, 1.54) is 4.57 Å². The van der Waals surface area contributed by atoms with Crippen LogP contribution in [0.1, 0.15) is 23.5 Å². The van der Waals surface area contributed by atoms with Crippen molar-refractivity contribution in [1.82, 2.24) is 25.4 Å². The van der Waals surface area contributed by atoms with E-state index in [0.29, 0.717) is 16.7 Å². The minimum absolute atomic E-state index is 0.216. The number of carbonyl (C=O) groups is 1. The molecule has 27 heavy (non-hydrogen) atoms. The van der Waals surface area contributed by atoms with Gasteiger partial charge in [-0.1, -0.05) is 30.3 Å². The highest BCUT2D eigenvalue weighted by atomic mass is 16.2. The van der Waals surface area contributed by atoms with Gasteiger partial charge in [0.1, 0.15) is 11.9 Å². The zero-order chi connectivity index (χ0) is 18.5. The molecule has 0 radical (unpaired) electrons. The normalized spacial score (nSPS) is 19.7. The molecule has 1 fully saturated rings. The Kier molecular flexibility index (Phi) is 3.38. The molecule has 2 aromatic carbocycles. The van der Waals surface area contributed by atoms with Gasteiger partial charge in [-0.05, 0) is 30.7 Å². The number of hydrazine groups is 1. The summed E-state index contributed by atoms with van der Waals surface area (Å²) < 4.78 is 1.49. The molecule has 7 nitrogen and oxygen atoms in total. The topological polar surface area (TPSA) is 91.8 Å². The van der Waals surface area contributed by atoms with Gasteiger partial charge in [-0.3, -0.25) is 19.6 Å². The summed E-state index contributed by atoms with van der Waals surface area (Å²) in [5.74, 6) is 0.250. The number of aromatic nitrogens is 3. The number of rotatable bonds is 2. The summed E-state index contributed by atoms with van der Waals surface area (Å²) in [5.41, 5.74) is 8.05. The van der Waals surface area contributed by atoms with Gasteiger partial charge in [-0.15, -0.1) is 0 Å². The van der Waals surface area contributed by atoms with E-state index < -0.39 is 12.1 Å². The average molecular weight is 359 g/mol. The first-order valence-corrected chi connectivity index (χ1v) is 8.74. The Morgan fingerprint density at radius 3 is 2.59 bits per heavy atom. The van der Waals surface area contributed by atoms with Crippen LogP contribution in [0.15, 0.2) is 59.5 Å². The fourth-order valence-electron chi connectivity index (χ4n) is 3.90. The molecule has 4 aromatic rings. The van der Waals surface area contributed by atoms with Crippen molar-refractivity contribution >= 4 is 27.7 Å². The second-order valence-electron chi connectivity index (χ2n) is 6.70. The number of amides is 1. The second kappa shape index (κ2) is 5.78. The van der Waals surface area contributed by atoms with E-state index >= 15 is 0 Å². The predicted octanol–water partition coefficient (Wildman–Crippen LogP) is 2.10. The van der Waals surface area contributed by atoms with Crippen LogP contribution < -0.4 is 16.4 Å². The zero-order valence-electron chi connectivity index (χ0n) is 14.6. The lowest BCUT2D eigenvalue weighted by Crippen LogP contribution is -2.34. The van der Waals surface area contributed by atoms with Crippen LogP contribution in [0.25, 0.3) is 21.8 Å². The Hall–Kier alpha value is -3.45. The fraction of sp³-hybridized carbons (Fsp3) is 0.150. The molecule has 1 amide bonds. The molecule has 5 rings (SSSR count). The van der Waals surface area contributed by atoms with Crippen molar-refractivity contribution in [3.05, 3.63) is 76.5 Å². The van der Waals surface area contributed by atoms with Crippen LogP contribution in [0.4, 0.5) is 0 Å². The maximum Gasteiger partial charge on any atom is 0.262 e. The SMILES string of the molecule is Cc1nc2ccccc2c(=O)n1C1C(=O)NNC1c1c[nH]c2ccccc12. The Morgan fingerprint density at radius 1 is 1.00 bits per heavy atom. The van der Waals surface area contributed by atoms with Gasteiger partial charge in [0.2, 0.25) is 0 Å². The van der Waals surface area contributed by atoms with Crippen molar-refractivity contribution in [3.8, 4) is 0 Å². The second-order valence-corrected chi connectivity index (χ2v) is 6.70. The molecule has 1 saturated heterocycles. The number of fused-ring (bicyclic) bond motifs is 2. The molecule has 0 bridgehead atoms. The van der Waals surface area contributed by atoms with Gasteiger partial charge in [0.25, 0.3) is 11.5 Å². The molecule has 7 heteroatoms. The number of hydrogen-bond acceptors (Lipinski definition) is 4. The highest BCUT2D eigenvalue weighted by molar-refractivity contribution is 5.88. The number of para-hydroxylation sites is 2. The predicted molar refractivity (Wildman–Crippen MR) is 102 cm³/mol. The van der Waals surface area contributed by atoms with Crippen molar-refractivity contribution in [3.63, 3.8) is 0 Å². The largest absolute Gasteiger partial charge is 0.361 e. The van der Waals surface area contributed by atoms with Crippen molar-refractivity contribution in [2.75, 3.05) is 0 Å². The van der Waals surface area contributed by atoms with Crippen molar-refractivity contribution in [2.24, 2.45) is 0 Å². The monoisotopic (exact) mass is 359 g/mol. The third-order valence-electron chi connectivity index (χ3n) is 5.15. The third kappa shape index (κ3) is 2.29. The molecule has 2 atom stereocenters. The molecule has 0 aliphatic carbocycles. The fourth-order valence-corrected chi connectivity index (χ4v) is 3.90. The molecule has 2 unspecified atom stereocenters. The molecule has 3 N–H and O–H groups in total. The van der Waals surface area contributed by atoms with Gasteiger partial charge in [0.05, 0.1) is 16.9 Å². The van der Waals surface area contributed by atoms with E-state index in [2.05, 4.69) is 20.8 Å². The smallest absolute Gasteiger partial charge is 0.262 e. The highest BCUT2D eigenvalue weighted by Crippen LogP contribution is 2.34. The first kappa shape index (κ1) is 15.8. The summed E-state index contributed by atoms with van der Waals surface area (Å²) in [5, 5.41) is 1.51.